The monoisotopic (exact) mass is 228 g/mol. The van der Waals surface area contributed by atoms with Crippen LogP contribution in [-0.2, 0) is 0 Å². The molecule has 0 aliphatic heterocycles. The SMILES string of the molecule is CCCCCCCCCCCCS.[H-].[H-].[Mg+2]. The van der Waals surface area contributed by atoms with Crippen LogP contribution in [0.15, 0.2) is 0 Å². The van der Waals surface area contributed by atoms with E-state index in [0.717, 1.165) is 5.75 Å². The van der Waals surface area contributed by atoms with Crippen LogP contribution in [0.5, 0.6) is 0 Å². The maximum atomic E-state index is 4.20. The van der Waals surface area contributed by atoms with Crippen molar-refractivity contribution in [3.05, 3.63) is 0 Å². The van der Waals surface area contributed by atoms with Crippen LogP contribution >= 0.6 is 12.6 Å². The Hall–Kier alpha value is 1.12. The molecule has 0 fully saturated rings. The van der Waals surface area contributed by atoms with Gasteiger partial charge in [-0.3, -0.25) is 0 Å². The minimum Gasteiger partial charge on any atom is -1.00 e. The average molecular weight is 229 g/mol. The van der Waals surface area contributed by atoms with Gasteiger partial charge in [0.15, 0.2) is 0 Å². The van der Waals surface area contributed by atoms with Gasteiger partial charge in [0.1, 0.15) is 0 Å². The molecule has 0 N–H and O–H groups in total. The Morgan fingerprint density at radius 2 is 1.07 bits per heavy atom. The van der Waals surface area contributed by atoms with Gasteiger partial charge in [-0.1, -0.05) is 64.7 Å². The minimum absolute atomic E-state index is 0. The van der Waals surface area contributed by atoms with Crippen LogP contribution in [0.4, 0.5) is 0 Å². The van der Waals surface area contributed by atoms with Gasteiger partial charge in [0.25, 0.3) is 0 Å². The summed E-state index contributed by atoms with van der Waals surface area (Å²) in [4.78, 5) is 0. The first kappa shape index (κ1) is 17.5. The average Bonchev–Trinajstić information content (AvgIpc) is 2.16. The second kappa shape index (κ2) is 16.5. The van der Waals surface area contributed by atoms with Gasteiger partial charge in [-0.2, -0.15) is 12.6 Å². The molecule has 0 saturated carbocycles. The van der Waals surface area contributed by atoms with Gasteiger partial charge < -0.3 is 2.85 Å². The molecule has 14 heavy (non-hydrogen) atoms. The first-order valence-electron chi connectivity index (χ1n) is 6.02. The predicted molar refractivity (Wildman–Crippen MR) is 73.7 cm³/mol. The summed E-state index contributed by atoms with van der Waals surface area (Å²) in [5, 5.41) is 0. The smallest absolute Gasteiger partial charge is 1.00 e. The third-order valence-electron chi connectivity index (χ3n) is 2.51. The Morgan fingerprint density at radius 1 is 0.714 bits per heavy atom. The van der Waals surface area contributed by atoms with E-state index in [4.69, 9.17) is 0 Å². The summed E-state index contributed by atoms with van der Waals surface area (Å²) in [6, 6.07) is 0. The third-order valence-corrected chi connectivity index (χ3v) is 2.83. The predicted octanol–water partition coefficient (Wildman–Crippen LogP) is 4.68. The van der Waals surface area contributed by atoms with Crippen molar-refractivity contribution < 1.29 is 2.85 Å². The fraction of sp³-hybridized carbons (Fsp3) is 1.00. The van der Waals surface area contributed by atoms with Crippen LogP contribution in [-0.4, -0.2) is 28.8 Å². The molecule has 0 atom stereocenters. The Bertz CT molecular complexity index is 85.1. The summed E-state index contributed by atoms with van der Waals surface area (Å²) in [6.45, 7) is 2.28. The zero-order chi connectivity index (χ0) is 9.78. The minimum atomic E-state index is 0. The normalized spacial score (nSPS) is 9.86. The number of unbranched alkanes of at least 4 members (excludes halogenated alkanes) is 9. The van der Waals surface area contributed by atoms with E-state index >= 15 is 0 Å². The van der Waals surface area contributed by atoms with Crippen molar-refractivity contribution in [3.8, 4) is 0 Å². The van der Waals surface area contributed by atoms with E-state index in [1.807, 2.05) is 0 Å². The molecule has 0 saturated heterocycles. The maximum absolute atomic E-state index is 4.20. The molecule has 0 unspecified atom stereocenters. The van der Waals surface area contributed by atoms with Gasteiger partial charge in [-0.15, -0.1) is 0 Å². The van der Waals surface area contributed by atoms with Crippen LogP contribution < -0.4 is 0 Å². The third kappa shape index (κ3) is 15.6. The Morgan fingerprint density at radius 3 is 1.43 bits per heavy atom. The second-order valence-electron chi connectivity index (χ2n) is 3.91. The largest absolute Gasteiger partial charge is 2.00 e. The number of hydrogen-bond donors (Lipinski definition) is 1. The summed E-state index contributed by atoms with van der Waals surface area (Å²) < 4.78 is 0. The molecule has 84 valence electrons. The molecule has 0 amide bonds. The Balaban J connectivity index is -0.000000240. The molecule has 2 heteroatoms. The van der Waals surface area contributed by atoms with Gasteiger partial charge in [0.05, 0.1) is 0 Å². The van der Waals surface area contributed by atoms with E-state index in [1.165, 1.54) is 64.2 Å². The number of thiol groups is 1. The first-order chi connectivity index (χ1) is 6.41. The van der Waals surface area contributed by atoms with Gasteiger partial charge in [0, 0.05) is 0 Å². The van der Waals surface area contributed by atoms with Crippen molar-refractivity contribution in [2.24, 2.45) is 0 Å². The van der Waals surface area contributed by atoms with Gasteiger partial charge >= 0.3 is 23.1 Å². The zero-order valence-electron chi connectivity index (χ0n) is 11.9. The van der Waals surface area contributed by atoms with E-state index in [-0.39, 0.29) is 25.9 Å². The number of rotatable bonds is 10. The molecule has 0 bridgehead atoms. The quantitative estimate of drug-likeness (QED) is 0.313. The van der Waals surface area contributed by atoms with Crippen molar-refractivity contribution in [2.45, 2.75) is 71.1 Å². The molecule has 0 aliphatic rings. The fourth-order valence-electron chi connectivity index (χ4n) is 1.60. The van der Waals surface area contributed by atoms with Crippen molar-refractivity contribution in [1.29, 1.82) is 0 Å². The molecule has 0 spiro atoms. The summed E-state index contributed by atoms with van der Waals surface area (Å²) in [5.74, 6) is 1.07. The molecule has 0 rings (SSSR count). The van der Waals surface area contributed by atoms with Crippen LogP contribution in [0.3, 0.4) is 0 Å². The van der Waals surface area contributed by atoms with Crippen molar-refractivity contribution >= 4 is 35.7 Å². The number of hydrogen-bond acceptors (Lipinski definition) is 1. The zero-order valence-corrected chi connectivity index (χ0v) is 12.2. The molecule has 0 aromatic rings. The molecule has 0 aromatic heterocycles. The van der Waals surface area contributed by atoms with Crippen molar-refractivity contribution in [2.75, 3.05) is 5.75 Å². The fourth-order valence-corrected chi connectivity index (χ4v) is 1.82. The van der Waals surface area contributed by atoms with Gasteiger partial charge in [0.2, 0.25) is 0 Å². The van der Waals surface area contributed by atoms with E-state index in [2.05, 4.69) is 19.6 Å². The van der Waals surface area contributed by atoms with Gasteiger partial charge in [-0.25, -0.2) is 0 Å². The molecule has 0 heterocycles. The summed E-state index contributed by atoms with van der Waals surface area (Å²) >= 11 is 4.20. The van der Waals surface area contributed by atoms with Crippen LogP contribution in [0.1, 0.15) is 74.0 Å². The van der Waals surface area contributed by atoms with Crippen LogP contribution in [0.2, 0.25) is 0 Å². The van der Waals surface area contributed by atoms with Crippen molar-refractivity contribution in [1.82, 2.24) is 0 Å². The summed E-state index contributed by atoms with van der Waals surface area (Å²) in [7, 11) is 0. The van der Waals surface area contributed by atoms with E-state index in [9.17, 15) is 0 Å². The van der Waals surface area contributed by atoms with Crippen LogP contribution in [0, 0.1) is 0 Å². The molecular weight excluding hydrogens is 201 g/mol. The molecule has 0 radical (unpaired) electrons. The molecular formula is C12H28MgS. The van der Waals surface area contributed by atoms with Gasteiger partial charge in [-0.05, 0) is 12.2 Å². The first-order valence-corrected chi connectivity index (χ1v) is 6.66. The topological polar surface area (TPSA) is 0 Å². The van der Waals surface area contributed by atoms with Crippen LogP contribution in [0.25, 0.3) is 0 Å². The maximum Gasteiger partial charge on any atom is 2.00 e. The second-order valence-corrected chi connectivity index (χ2v) is 4.35. The summed E-state index contributed by atoms with van der Waals surface area (Å²) in [6.07, 6.45) is 14.2. The molecule has 0 nitrogen and oxygen atoms in total. The Labute approximate surface area is 115 Å². The summed E-state index contributed by atoms with van der Waals surface area (Å²) in [5.41, 5.74) is 0. The van der Waals surface area contributed by atoms with E-state index < -0.39 is 0 Å². The van der Waals surface area contributed by atoms with Crippen molar-refractivity contribution in [3.63, 3.8) is 0 Å². The van der Waals surface area contributed by atoms with E-state index in [0.29, 0.717) is 0 Å². The molecule has 0 aromatic carbocycles. The molecule has 0 aliphatic carbocycles. The standard InChI is InChI=1S/C12H26S.Mg.2H/c1-2-3-4-5-6-7-8-9-10-11-12-13;;;/h13H,2-12H2,1H3;;;/q;+2;2*-1. The Kier molecular flexibility index (Phi) is 20.7. The van der Waals surface area contributed by atoms with E-state index in [1.54, 1.807) is 0 Å².